The number of benzene rings is 1. The van der Waals surface area contributed by atoms with Crippen LogP contribution in [0, 0.1) is 5.92 Å². The van der Waals surface area contributed by atoms with Gasteiger partial charge >= 0.3 is 0 Å². The number of hydrogen-bond donors (Lipinski definition) is 2. The molecule has 1 amide bonds. The van der Waals surface area contributed by atoms with Crippen LogP contribution in [0.2, 0.25) is 5.02 Å². The SMILES string of the molecule is CC(C)(C(=O)NCC(N)C1CC1)c1ccccc1Cl. The Kier molecular flexibility index (Phi) is 4.16. The molecule has 3 nitrogen and oxygen atoms in total. The van der Waals surface area contributed by atoms with E-state index in [9.17, 15) is 4.79 Å². The molecule has 1 aliphatic carbocycles. The maximum absolute atomic E-state index is 12.3. The quantitative estimate of drug-likeness (QED) is 0.871. The Labute approximate surface area is 119 Å². The van der Waals surface area contributed by atoms with Crippen LogP contribution >= 0.6 is 11.6 Å². The van der Waals surface area contributed by atoms with Crippen molar-refractivity contribution in [3.63, 3.8) is 0 Å². The smallest absolute Gasteiger partial charge is 0.230 e. The second-order valence-electron chi connectivity index (χ2n) is 5.82. The fourth-order valence-electron chi connectivity index (χ4n) is 2.21. The maximum Gasteiger partial charge on any atom is 0.230 e. The highest BCUT2D eigenvalue weighted by Gasteiger charge is 2.33. The summed E-state index contributed by atoms with van der Waals surface area (Å²) in [7, 11) is 0. The average Bonchev–Trinajstić information content (AvgIpc) is 3.20. The van der Waals surface area contributed by atoms with Gasteiger partial charge < -0.3 is 11.1 Å². The second kappa shape index (κ2) is 5.51. The van der Waals surface area contributed by atoms with E-state index in [-0.39, 0.29) is 11.9 Å². The highest BCUT2D eigenvalue weighted by Crippen LogP contribution is 2.32. The van der Waals surface area contributed by atoms with Crippen LogP contribution in [-0.4, -0.2) is 18.5 Å². The molecule has 2 rings (SSSR count). The van der Waals surface area contributed by atoms with Gasteiger partial charge in [0, 0.05) is 17.6 Å². The number of amides is 1. The normalized spacial score (nSPS) is 17.1. The lowest BCUT2D eigenvalue weighted by molar-refractivity contribution is -0.125. The van der Waals surface area contributed by atoms with Crippen molar-refractivity contribution in [3.8, 4) is 0 Å². The molecular formula is C15H21ClN2O. The van der Waals surface area contributed by atoms with Crippen LogP contribution in [0.25, 0.3) is 0 Å². The molecule has 19 heavy (non-hydrogen) atoms. The van der Waals surface area contributed by atoms with Gasteiger partial charge in [0.15, 0.2) is 0 Å². The van der Waals surface area contributed by atoms with Crippen LogP contribution in [0.1, 0.15) is 32.3 Å². The van der Waals surface area contributed by atoms with Gasteiger partial charge in [-0.15, -0.1) is 0 Å². The minimum absolute atomic E-state index is 0.0308. The van der Waals surface area contributed by atoms with Crippen molar-refractivity contribution in [1.29, 1.82) is 0 Å². The molecule has 1 aliphatic rings. The Morgan fingerprint density at radius 1 is 1.47 bits per heavy atom. The van der Waals surface area contributed by atoms with Crippen LogP contribution in [0.4, 0.5) is 0 Å². The summed E-state index contributed by atoms with van der Waals surface area (Å²) in [4.78, 5) is 12.3. The molecule has 1 atom stereocenters. The number of carbonyl (C=O) groups excluding carboxylic acids is 1. The maximum atomic E-state index is 12.3. The zero-order valence-electron chi connectivity index (χ0n) is 11.4. The summed E-state index contributed by atoms with van der Waals surface area (Å²) >= 11 is 6.17. The predicted octanol–water partition coefficient (Wildman–Crippen LogP) is 2.47. The summed E-state index contributed by atoms with van der Waals surface area (Å²) in [5.41, 5.74) is 6.19. The van der Waals surface area contributed by atoms with Gasteiger partial charge in [0.2, 0.25) is 5.91 Å². The molecule has 1 aromatic rings. The monoisotopic (exact) mass is 280 g/mol. The van der Waals surface area contributed by atoms with Crippen LogP contribution in [0.3, 0.4) is 0 Å². The Balaban J connectivity index is 2.02. The lowest BCUT2D eigenvalue weighted by atomic mass is 9.83. The number of halogens is 1. The van der Waals surface area contributed by atoms with Crippen LogP contribution in [0.5, 0.6) is 0 Å². The van der Waals surface area contributed by atoms with Crippen molar-refractivity contribution < 1.29 is 4.79 Å². The van der Waals surface area contributed by atoms with E-state index < -0.39 is 5.41 Å². The molecule has 0 bridgehead atoms. The highest BCUT2D eigenvalue weighted by molar-refractivity contribution is 6.31. The van der Waals surface area contributed by atoms with Gasteiger partial charge in [-0.1, -0.05) is 29.8 Å². The van der Waals surface area contributed by atoms with E-state index in [2.05, 4.69) is 5.32 Å². The van der Waals surface area contributed by atoms with E-state index in [0.717, 1.165) is 5.56 Å². The van der Waals surface area contributed by atoms with Gasteiger partial charge in [-0.3, -0.25) is 4.79 Å². The van der Waals surface area contributed by atoms with Gasteiger partial charge in [-0.25, -0.2) is 0 Å². The molecule has 0 aromatic heterocycles. The average molecular weight is 281 g/mol. The molecule has 1 saturated carbocycles. The summed E-state index contributed by atoms with van der Waals surface area (Å²) in [6, 6.07) is 7.53. The van der Waals surface area contributed by atoms with Crippen LogP contribution < -0.4 is 11.1 Å². The first-order valence-corrected chi connectivity index (χ1v) is 7.09. The summed E-state index contributed by atoms with van der Waals surface area (Å²) in [5, 5.41) is 3.57. The summed E-state index contributed by atoms with van der Waals surface area (Å²) in [6.45, 7) is 4.30. The van der Waals surface area contributed by atoms with E-state index in [0.29, 0.717) is 17.5 Å². The molecule has 3 N–H and O–H groups in total. The van der Waals surface area contributed by atoms with Crippen molar-refractivity contribution in [3.05, 3.63) is 34.9 Å². The Morgan fingerprint density at radius 2 is 2.11 bits per heavy atom. The predicted molar refractivity (Wildman–Crippen MR) is 78.2 cm³/mol. The van der Waals surface area contributed by atoms with E-state index in [1.165, 1.54) is 12.8 Å². The van der Waals surface area contributed by atoms with Crippen molar-refractivity contribution >= 4 is 17.5 Å². The lowest BCUT2D eigenvalue weighted by Gasteiger charge is -2.26. The Morgan fingerprint density at radius 3 is 2.68 bits per heavy atom. The number of nitrogens with one attached hydrogen (secondary N) is 1. The minimum atomic E-state index is -0.651. The van der Waals surface area contributed by atoms with Crippen molar-refractivity contribution in [1.82, 2.24) is 5.32 Å². The van der Waals surface area contributed by atoms with E-state index >= 15 is 0 Å². The largest absolute Gasteiger partial charge is 0.354 e. The summed E-state index contributed by atoms with van der Waals surface area (Å²) < 4.78 is 0. The molecular weight excluding hydrogens is 260 g/mol. The third-order valence-electron chi connectivity index (χ3n) is 3.84. The number of nitrogens with two attached hydrogens (primary N) is 1. The molecule has 4 heteroatoms. The standard InChI is InChI=1S/C15H21ClN2O/c1-15(2,11-5-3-4-6-12(11)16)14(19)18-9-13(17)10-7-8-10/h3-6,10,13H,7-9,17H2,1-2H3,(H,18,19). The summed E-state index contributed by atoms with van der Waals surface area (Å²) in [6.07, 6.45) is 2.37. The zero-order chi connectivity index (χ0) is 14.0. The fourth-order valence-corrected chi connectivity index (χ4v) is 2.58. The van der Waals surface area contributed by atoms with Gasteiger partial charge in [0.05, 0.1) is 5.41 Å². The molecule has 1 aromatic carbocycles. The summed E-state index contributed by atoms with van der Waals surface area (Å²) in [5.74, 6) is 0.556. The molecule has 0 aliphatic heterocycles. The lowest BCUT2D eigenvalue weighted by Crippen LogP contribution is -2.45. The van der Waals surface area contributed by atoms with E-state index in [1.54, 1.807) is 0 Å². The van der Waals surface area contributed by atoms with E-state index in [4.69, 9.17) is 17.3 Å². The zero-order valence-corrected chi connectivity index (χ0v) is 12.2. The number of carbonyl (C=O) groups is 1. The first kappa shape index (κ1) is 14.4. The molecule has 0 heterocycles. The van der Waals surface area contributed by atoms with Crippen LogP contribution in [-0.2, 0) is 10.2 Å². The Hall–Kier alpha value is -1.06. The fraction of sp³-hybridized carbons (Fsp3) is 0.533. The highest BCUT2D eigenvalue weighted by atomic mass is 35.5. The molecule has 1 fully saturated rings. The van der Waals surface area contributed by atoms with Crippen LogP contribution in [0.15, 0.2) is 24.3 Å². The van der Waals surface area contributed by atoms with Gasteiger partial charge in [-0.05, 0) is 44.2 Å². The number of hydrogen-bond acceptors (Lipinski definition) is 2. The molecule has 0 saturated heterocycles. The van der Waals surface area contributed by atoms with Gasteiger partial charge in [0.25, 0.3) is 0 Å². The van der Waals surface area contributed by atoms with Gasteiger partial charge in [-0.2, -0.15) is 0 Å². The number of rotatable bonds is 5. The third kappa shape index (κ3) is 3.28. The first-order valence-electron chi connectivity index (χ1n) is 6.72. The minimum Gasteiger partial charge on any atom is -0.354 e. The molecule has 0 spiro atoms. The molecule has 0 radical (unpaired) electrons. The van der Waals surface area contributed by atoms with Crippen molar-refractivity contribution in [2.24, 2.45) is 11.7 Å². The Bertz CT molecular complexity index is 469. The van der Waals surface area contributed by atoms with Gasteiger partial charge in [0.1, 0.15) is 0 Å². The van der Waals surface area contributed by atoms with Crippen molar-refractivity contribution in [2.45, 2.75) is 38.1 Å². The first-order chi connectivity index (χ1) is 8.93. The molecule has 104 valence electrons. The second-order valence-corrected chi connectivity index (χ2v) is 6.22. The van der Waals surface area contributed by atoms with Crippen molar-refractivity contribution in [2.75, 3.05) is 6.54 Å². The van der Waals surface area contributed by atoms with E-state index in [1.807, 2.05) is 38.1 Å². The molecule has 1 unspecified atom stereocenters. The third-order valence-corrected chi connectivity index (χ3v) is 4.17. The topological polar surface area (TPSA) is 55.1 Å².